The van der Waals surface area contributed by atoms with E-state index < -0.39 is 0 Å². The first-order chi connectivity index (χ1) is 11.4. The minimum absolute atomic E-state index is 0.164. The first-order valence-electron chi connectivity index (χ1n) is 7.73. The Morgan fingerprint density at radius 2 is 1.96 bits per heavy atom. The van der Waals surface area contributed by atoms with Crippen LogP contribution < -0.4 is 10.1 Å². The van der Waals surface area contributed by atoms with Crippen molar-refractivity contribution < 1.29 is 13.9 Å². The summed E-state index contributed by atoms with van der Waals surface area (Å²) in [6, 6.07) is 12.4. The van der Waals surface area contributed by atoms with E-state index in [0.717, 1.165) is 5.52 Å². The van der Waals surface area contributed by atoms with Gasteiger partial charge in [-0.3, -0.25) is 4.79 Å². The van der Waals surface area contributed by atoms with Gasteiger partial charge < -0.3 is 14.5 Å². The van der Waals surface area contributed by atoms with Crippen molar-refractivity contribution in [3.05, 3.63) is 53.9 Å². The highest BCUT2D eigenvalue weighted by molar-refractivity contribution is 6.05. The van der Waals surface area contributed by atoms with Crippen molar-refractivity contribution in [2.24, 2.45) is 0 Å². The van der Waals surface area contributed by atoms with Crippen LogP contribution in [0.5, 0.6) is 5.75 Å². The molecule has 124 valence electrons. The molecule has 0 unspecified atom stereocenters. The van der Waals surface area contributed by atoms with Crippen LogP contribution in [0, 0.1) is 0 Å². The standard InChI is InChI=1S/C19H20N2O3/c1-19(2,3)18-21-15-11-13(8-9-16(15)24-18)20-17(22)12-6-5-7-14(10-12)23-4/h5-11H,1-4H3,(H,20,22). The molecule has 0 bridgehead atoms. The molecule has 1 N–H and O–H groups in total. The number of carbonyl (C=O) groups excluding carboxylic acids is 1. The van der Waals surface area contributed by atoms with Crippen molar-refractivity contribution in [2.75, 3.05) is 12.4 Å². The van der Waals surface area contributed by atoms with Crippen molar-refractivity contribution in [3.8, 4) is 5.75 Å². The van der Waals surface area contributed by atoms with Crippen LogP contribution >= 0.6 is 0 Å². The van der Waals surface area contributed by atoms with E-state index in [1.807, 2.05) is 32.9 Å². The second-order valence-electron chi connectivity index (χ2n) is 6.64. The minimum Gasteiger partial charge on any atom is -0.497 e. The maximum atomic E-state index is 12.4. The lowest BCUT2D eigenvalue weighted by molar-refractivity contribution is 0.102. The predicted molar refractivity (Wildman–Crippen MR) is 93.7 cm³/mol. The Bertz CT molecular complexity index is 891. The highest BCUT2D eigenvalue weighted by atomic mass is 16.5. The number of nitrogens with one attached hydrogen (secondary N) is 1. The normalized spacial score (nSPS) is 11.5. The summed E-state index contributed by atoms with van der Waals surface area (Å²) in [4.78, 5) is 16.9. The van der Waals surface area contributed by atoms with E-state index in [4.69, 9.17) is 9.15 Å². The molecule has 1 amide bonds. The number of methoxy groups -OCH3 is 1. The van der Waals surface area contributed by atoms with Gasteiger partial charge in [0.05, 0.1) is 7.11 Å². The molecule has 0 aliphatic rings. The van der Waals surface area contributed by atoms with Crippen LogP contribution in [0.15, 0.2) is 46.9 Å². The van der Waals surface area contributed by atoms with Gasteiger partial charge >= 0.3 is 0 Å². The zero-order valence-corrected chi connectivity index (χ0v) is 14.2. The molecule has 3 rings (SSSR count). The smallest absolute Gasteiger partial charge is 0.255 e. The molecule has 0 saturated carbocycles. The van der Waals surface area contributed by atoms with Crippen LogP contribution in [0.3, 0.4) is 0 Å². The summed E-state index contributed by atoms with van der Waals surface area (Å²) in [5.74, 6) is 1.12. The summed E-state index contributed by atoms with van der Waals surface area (Å²) in [5.41, 5.74) is 2.47. The summed E-state index contributed by atoms with van der Waals surface area (Å²) >= 11 is 0. The number of oxazole rings is 1. The molecule has 0 aliphatic carbocycles. The third kappa shape index (κ3) is 3.25. The van der Waals surface area contributed by atoms with Crippen molar-refractivity contribution in [3.63, 3.8) is 0 Å². The van der Waals surface area contributed by atoms with E-state index >= 15 is 0 Å². The fraction of sp³-hybridized carbons (Fsp3) is 0.263. The Balaban J connectivity index is 1.85. The van der Waals surface area contributed by atoms with Crippen molar-refractivity contribution >= 4 is 22.7 Å². The quantitative estimate of drug-likeness (QED) is 0.776. The number of benzene rings is 2. The number of anilines is 1. The average molecular weight is 324 g/mol. The van der Waals surface area contributed by atoms with Gasteiger partial charge in [-0.1, -0.05) is 26.8 Å². The predicted octanol–water partition coefficient (Wildman–Crippen LogP) is 4.39. The summed E-state index contributed by atoms with van der Waals surface area (Å²) in [5, 5.41) is 2.87. The molecule has 0 saturated heterocycles. The van der Waals surface area contributed by atoms with E-state index in [-0.39, 0.29) is 11.3 Å². The van der Waals surface area contributed by atoms with Gasteiger partial charge in [-0.05, 0) is 36.4 Å². The van der Waals surface area contributed by atoms with Gasteiger partial charge in [0.1, 0.15) is 11.3 Å². The number of rotatable bonds is 3. The van der Waals surface area contributed by atoms with E-state index in [9.17, 15) is 4.79 Å². The summed E-state index contributed by atoms with van der Waals surface area (Å²) in [6.45, 7) is 6.13. The molecule has 0 atom stereocenters. The number of ether oxygens (including phenoxy) is 1. The van der Waals surface area contributed by atoms with Crippen LogP contribution in [0.4, 0.5) is 5.69 Å². The number of hydrogen-bond donors (Lipinski definition) is 1. The Morgan fingerprint density at radius 1 is 1.17 bits per heavy atom. The second-order valence-corrected chi connectivity index (χ2v) is 6.64. The monoisotopic (exact) mass is 324 g/mol. The molecule has 0 fully saturated rings. The average Bonchev–Trinajstić information content (AvgIpc) is 2.98. The SMILES string of the molecule is COc1cccc(C(=O)Nc2ccc3oc(C(C)(C)C)nc3c2)c1. The van der Waals surface area contributed by atoms with E-state index in [2.05, 4.69) is 10.3 Å². The summed E-state index contributed by atoms with van der Waals surface area (Å²) in [7, 11) is 1.57. The maximum Gasteiger partial charge on any atom is 0.255 e. The minimum atomic E-state index is -0.201. The molecule has 0 radical (unpaired) electrons. The maximum absolute atomic E-state index is 12.4. The molecular formula is C19H20N2O3. The first kappa shape index (κ1) is 16.1. The lowest BCUT2D eigenvalue weighted by Crippen LogP contribution is -2.12. The molecule has 1 aromatic heterocycles. The number of fused-ring (bicyclic) bond motifs is 1. The molecule has 5 nitrogen and oxygen atoms in total. The fourth-order valence-corrected chi connectivity index (χ4v) is 2.29. The van der Waals surface area contributed by atoms with Crippen molar-refractivity contribution in [1.82, 2.24) is 4.98 Å². The topological polar surface area (TPSA) is 64.4 Å². The van der Waals surface area contributed by atoms with Crippen molar-refractivity contribution in [1.29, 1.82) is 0 Å². The number of nitrogens with zero attached hydrogens (tertiary/aromatic N) is 1. The number of amides is 1. The number of aromatic nitrogens is 1. The zero-order chi connectivity index (χ0) is 17.3. The Hall–Kier alpha value is -2.82. The zero-order valence-electron chi connectivity index (χ0n) is 14.2. The highest BCUT2D eigenvalue weighted by Gasteiger charge is 2.21. The van der Waals surface area contributed by atoms with Gasteiger partial charge in [-0.2, -0.15) is 0 Å². The van der Waals surface area contributed by atoms with Gasteiger partial charge in [-0.25, -0.2) is 4.98 Å². The van der Waals surface area contributed by atoms with Crippen LogP contribution in [-0.4, -0.2) is 18.0 Å². The molecule has 3 aromatic rings. The van der Waals surface area contributed by atoms with E-state index in [1.165, 1.54) is 0 Å². The van der Waals surface area contributed by atoms with Crippen LogP contribution in [0.1, 0.15) is 37.0 Å². The first-order valence-corrected chi connectivity index (χ1v) is 7.73. The largest absolute Gasteiger partial charge is 0.497 e. The lowest BCUT2D eigenvalue weighted by atomic mass is 9.97. The van der Waals surface area contributed by atoms with Gasteiger partial charge in [0.15, 0.2) is 5.58 Å². The molecule has 5 heteroatoms. The molecular weight excluding hydrogens is 304 g/mol. The van der Waals surface area contributed by atoms with Gasteiger partial charge in [-0.15, -0.1) is 0 Å². The van der Waals surface area contributed by atoms with Crippen LogP contribution in [-0.2, 0) is 5.41 Å². The lowest BCUT2D eigenvalue weighted by Gasteiger charge is -2.11. The van der Waals surface area contributed by atoms with E-state index in [0.29, 0.717) is 28.5 Å². The number of carbonyl (C=O) groups is 1. The van der Waals surface area contributed by atoms with Crippen LogP contribution in [0.2, 0.25) is 0 Å². The van der Waals surface area contributed by atoms with Gasteiger partial charge in [0, 0.05) is 16.7 Å². The third-order valence-corrected chi connectivity index (χ3v) is 3.62. The Morgan fingerprint density at radius 3 is 2.67 bits per heavy atom. The van der Waals surface area contributed by atoms with Gasteiger partial charge in [0.2, 0.25) is 5.89 Å². The summed E-state index contributed by atoms with van der Waals surface area (Å²) in [6.07, 6.45) is 0. The second kappa shape index (κ2) is 6.00. The van der Waals surface area contributed by atoms with Gasteiger partial charge in [0.25, 0.3) is 5.91 Å². The van der Waals surface area contributed by atoms with Crippen LogP contribution in [0.25, 0.3) is 11.1 Å². The molecule has 0 spiro atoms. The molecule has 24 heavy (non-hydrogen) atoms. The Kier molecular flexibility index (Phi) is 4.01. The van der Waals surface area contributed by atoms with E-state index in [1.54, 1.807) is 37.4 Å². The number of hydrogen-bond acceptors (Lipinski definition) is 4. The molecule has 0 aliphatic heterocycles. The fourth-order valence-electron chi connectivity index (χ4n) is 2.29. The Labute approximate surface area is 140 Å². The molecule has 2 aromatic carbocycles. The summed E-state index contributed by atoms with van der Waals surface area (Å²) < 4.78 is 10.9. The van der Waals surface area contributed by atoms with Crippen molar-refractivity contribution in [2.45, 2.75) is 26.2 Å². The molecule has 1 heterocycles. The highest BCUT2D eigenvalue weighted by Crippen LogP contribution is 2.27. The third-order valence-electron chi connectivity index (χ3n) is 3.62.